The molecule has 2 N–H and O–H groups in total. The molecule has 0 aliphatic heterocycles. The topological polar surface area (TPSA) is 92.5 Å². The summed E-state index contributed by atoms with van der Waals surface area (Å²) in [7, 11) is 0. The second-order valence-corrected chi connectivity index (χ2v) is 5.66. The second-order valence-electron chi connectivity index (χ2n) is 5.66. The quantitative estimate of drug-likeness (QED) is 0.540. The predicted octanol–water partition coefficient (Wildman–Crippen LogP) is 3.01. The molecule has 1 atom stereocenters. The van der Waals surface area contributed by atoms with E-state index in [1.165, 1.54) is 6.07 Å². The minimum Gasteiger partial charge on any atom is -0.481 e. The Kier molecular flexibility index (Phi) is 6.49. The van der Waals surface area contributed by atoms with E-state index in [0.717, 1.165) is 0 Å². The molecule has 1 aromatic carbocycles. The second kappa shape index (κ2) is 7.89. The van der Waals surface area contributed by atoms with Crippen LogP contribution in [0.2, 0.25) is 0 Å². The molecule has 0 radical (unpaired) electrons. The minimum atomic E-state index is -0.803. The normalized spacial score (nSPS) is 12.9. The van der Waals surface area contributed by atoms with Gasteiger partial charge in [0, 0.05) is 24.2 Å². The molecule has 0 aliphatic carbocycles. The number of rotatable bonds is 9. The highest BCUT2D eigenvalue weighted by molar-refractivity contribution is 5.74. The minimum absolute atomic E-state index is 0.0436. The molecule has 1 unspecified atom stereocenters. The van der Waals surface area contributed by atoms with Gasteiger partial charge in [-0.2, -0.15) is 0 Å². The van der Waals surface area contributed by atoms with Crippen LogP contribution in [0.1, 0.15) is 39.2 Å². The van der Waals surface area contributed by atoms with Gasteiger partial charge in [0.05, 0.1) is 10.3 Å². The average Bonchev–Trinajstić information content (AvgIpc) is 2.48. The van der Waals surface area contributed by atoms with E-state index < -0.39 is 11.4 Å². The molecule has 1 rings (SSSR count). The van der Waals surface area contributed by atoms with Crippen molar-refractivity contribution in [3.63, 3.8) is 0 Å². The van der Waals surface area contributed by atoms with Crippen molar-refractivity contribution in [3.05, 3.63) is 39.9 Å². The zero-order chi connectivity index (χ0) is 16.8. The zero-order valence-corrected chi connectivity index (χ0v) is 13.3. The summed E-state index contributed by atoms with van der Waals surface area (Å²) < 4.78 is 0. The summed E-state index contributed by atoms with van der Waals surface area (Å²) >= 11 is 0. The number of benzene rings is 1. The van der Waals surface area contributed by atoms with Crippen LogP contribution in [0.25, 0.3) is 0 Å². The van der Waals surface area contributed by atoms with Crippen LogP contribution in [0.5, 0.6) is 0 Å². The smallest absolute Gasteiger partial charge is 0.310 e. The molecule has 0 aliphatic rings. The Morgan fingerprint density at radius 2 is 1.95 bits per heavy atom. The summed E-state index contributed by atoms with van der Waals surface area (Å²) in [6.45, 7) is 6.00. The molecule has 0 bridgehead atoms. The van der Waals surface area contributed by atoms with Crippen LogP contribution in [0, 0.1) is 15.5 Å². The van der Waals surface area contributed by atoms with Crippen molar-refractivity contribution in [2.75, 3.05) is 6.54 Å². The first-order valence-electron chi connectivity index (χ1n) is 7.55. The number of nitro benzene ring substituents is 1. The standard InChI is InChI=1S/C16H24N2O4/c1-4-16(5-2,15(19)20)11-17-12(3)10-13-8-6-7-9-14(13)18(21)22/h6-9,12,17H,4-5,10-11H2,1-3H3,(H,19,20). The number of hydrogen-bond acceptors (Lipinski definition) is 4. The first kappa shape index (κ1) is 18.1. The lowest BCUT2D eigenvalue weighted by atomic mass is 9.82. The third-order valence-corrected chi connectivity index (χ3v) is 4.31. The number of para-hydroxylation sites is 1. The monoisotopic (exact) mass is 308 g/mol. The van der Waals surface area contributed by atoms with Crippen LogP contribution in [-0.4, -0.2) is 28.6 Å². The van der Waals surface area contributed by atoms with Crippen LogP contribution < -0.4 is 5.32 Å². The highest BCUT2D eigenvalue weighted by Gasteiger charge is 2.34. The third kappa shape index (κ3) is 4.27. The van der Waals surface area contributed by atoms with Crippen molar-refractivity contribution < 1.29 is 14.8 Å². The van der Waals surface area contributed by atoms with E-state index in [4.69, 9.17) is 0 Å². The summed E-state index contributed by atoms with van der Waals surface area (Å²) in [6.07, 6.45) is 1.58. The third-order valence-electron chi connectivity index (χ3n) is 4.31. The number of carboxylic acids is 1. The molecule has 0 fully saturated rings. The lowest BCUT2D eigenvalue weighted by Crippen LogP contribution is -2.43. The first-order chi connectivity index (χ1) is 10.4. The Labute approximate surface area is 130 Å². The summed E-state index contributed by atoms with van der Waals surface area (Å²) in [5.41, 5.74) is -0.0234. The number of carboxylic acid groups (broad SMARTS) is 1. The van der Waals surface area contributed by atoms with Gasteiger partial charge in [0.2, 0.25) is 0 Å². The summed E-state index contributed by atoms with van der Waals surface area (Å²) in [5, 5.41) is 23.6. The number of hydrogen-bond donors (Lipinski definition) is 2. The Morgan fingerprint density at radius 1 is 1.36 bits per heavy atom. The fourth-order valence-corrected chi connectivity index (χ4v) is 2.51. The summed E-state index contributed by atoms with van der Waals surface area (Å²) in [5.74, 6) is -0.803. The van der Waals surface area contributed by atoms with Gasteiger partial charge in [-0.25, -0.2) is 0 Å². The van der Waals surface area contributed by atoms with Gasteiger partial charge in [-0.15, -0.1) is 0 Å². The van der Waals surface area contributed by atoms with Gasteiger partial charge in [-0.3, -0.25) is 14.9 Å². The van der Waals surface area contributed by atoms with Gasteiger partial charge in [0.1, 0.15) is 0 Å². The number of nitrogens with zero attached hydrogens (tertiary/aromatic N) is 1. The van der Waals surface area contributed by atoms with Crippen molar-refractivity contribution in [1.82, 2.24) is 5.32 Å². The first-order valence-corrected chi connectivity index (χ1v) is 7.55. The lowest BCUT2D eigenvalue weighted by molar-refractivity contribution is -0.385. The van der Waals surface area contributed by atoms with E-state index in [0.29, 0.717) is 31.4 Å². The largest absolute Gasteiger partial charge is 0.481 e. The van der Waals surface area contributed by atoms with Crippen LogP contribution in [-0.2, 0) is 11.2 Å². The van der Waals surface area contributed by atoms with Gasteiger partial charge >= 0.3 is 5.97 Å². The predicted molar refractivity (Wildman–Crippen MR) is 84.9 cm³/mol. The van der Waals surface area contributed by atoms with Gasteiger partial charge in [0.25, 0.3) is 5.69 Å². The van der Waals surface area contributed by atoms with E-state index in [1.807, 2.05) is 20.8 Å². The molecule has 6 nitrogen and oxygen atoms in total. The van der Waals surface area contributed by atoms with Crippen molar-refractivity contribution >= 4 is 11.7 Å². The van der Waals surface area contributed by atoms with Crippen LogP contribution in [0.15, 0.2) is 24.3 Å². The fraction of sp³-hybridized carbons (Fsp3) is 0.562. The SMILES string of the molecule is CCC(CC)(CNC(C)Cc1ccccc1[N+](=O)[O-])C(=O)O. The van der Waals surface area contributed by atoms with Crippen LogP contribution in [0.4, 0.5) is 5.69 Å². The molecular formula is C16H24N2O4. The number of carbonyl (C=O) groups is 1. The Hall–Kier alpha value is -1.95. The summed E-state index contributed by atoms with van der Waals surface area (Å²) in [4.78, 5) is 22.1. The Bertz CT molecular complexity index is 527. The maximum absolute atomic E-state index is 11.5. The van der Waals surface area contributed by atoms with E-state index in [2.05, 4.69) is 5.32 Å². The van der Waals surface area contributed by atoms with Crippen LogP contribution >= 0.6 is 0 Å². The lowest BCUT2D eigenvalue weighted by Gasteiger charge is -2.28. The molecule has 0 heterocycles. The van der Waals surface area contributed by atoms with E-state index in [1.54, 1.807) is 18.2 Å². The van der Waals surface area contributed by atoms with Crippen LogP contribution in [0.3, 0.4) is 0 Å². The maximum Gasteiger partial charge on any atom is 0.310 e. The Balaban J connectivity index is 2.73. The molecule has 22 heavy (non-hydrogen) atoms. The van der Waals surface area contributed by atoms with E-state index >= 15 is 0 Å². The van der Waals surface area contributed by atoms with Gasteiger partial charge in [-0.1, -0.05) is 32.0 Å². The van der Waals surface area contributed by atoms with Gasteiger partial charge < -0.3 is 10.4 Å². The summed E-state index contributed by atoms with van der Waals surface area (Å²) in [6, 6.07) is 6.60. The van der Waals surface area contributed by atoms with Crippen molar-refractivity contribution in [2.24, 2.45) is 5.41 Å². The molecule has 6 heteroatoms. The molecule has 0 spiro atoms. The molecule has 122 valence electrons. The highest BCUT2D eigenvalue weighted by Crippen LogP contribution is 2.26. The fourth-order valence-electron chi connectivity index (χ4n) is 2.51. The highest BCUT2D eigenvalue weighted by atomic mass is 16.6. The molecule has 0 amide bonds. The van der Waals surface area contributed by atoms with Crippen molar-refractivity contribution in [3.8, 4) is 0 Å². The van der Waals surface area contributed by atoms with Gasteiger partial charge in [0.15, 0.2) is 0 Å². The van der Waals surface area contributed by atoms with E-state index in [9.17, 15) is 20.0 Å². The number of aliphatic carboxylic acids is 1. The molecule has 0 saturated carbocycles. The van der Waals surface area contributed by atoms with E-state index in [-0.39, 0.29) is 16.7 Å². The zero-order valence-electron chi connectivity index (χ0n) is 13.3. The molecule has 0 aromatic heterocycles. The maximum atomic E-state index is 11.5. The van der Waals surface area contributed by atoms with Crippen molar-refractivity contribution in [1.29, 1.82) is 0 Å². The number of nitrogens with one attached hydrogen (secondary N) is 1. The van der Waals surface area contributed by atoms with Gasteiger partial charge in [-0.05, 0) is 26.2 Å². The van der Waals surface area contributed by atoms with Crippen molar-refractivity contribution in [2.45, 2.75) is 46.1 Å². The number of nitro groups is 1. The average molecular weight is 308 g/mol. The molecular weight excluding hydrogens is 284 g/mol. The molecule has 0 saturated heterocycles. The molecule has 1 aromatic rings. The Morgan fingerprint density at radius 3 is 2.45 bits per heavy atom.